The third-order valence-electron chi connectivity index (χ3n) is 4.96. The van der Waals surface area contributed by atoms with Crippen LogP contribution in [0.25, 0.3) is 0 Å². The van der Waals surface area contributed by atoms with E-state index in [0.29, 0.717) is 24.6 Å². The molecule has 1 aliphatic carbocycles. The van der Waals surface area contributed by atoms with Gasteiger partial charge in [-0.3, -0.25) is 0 Å². The summed E-state index contributed by atoms with van der Waals surface area (Å²) in [5.41, 5.74) is -0.436. The summed E-state index contributed by atoms with van der Waals surface area (Å²) in [6, 6.07) is 0.497. The summed E-state index contributed by atoms with van der Waals surface area (Å²) >= 11 is 0. The molecule has 0 spiro atoms. The van der Waals surface area contributed by atoms with E-state index >= 15 is 0 Å². The van der Waals surface area contributed by atoms with Crippen LogP contribution in [0.5, 0.6) is 0 Å². The Labute approximate surface area is 147 Å². The van der Waals surface area contributed by atoms with E-state index in [1.807, 2.05) is 20.8 Å². The molecule has 24 heavy (non-hydrogen) atoms. The zero-order valence-corrected chi connectivity index (χ0v) is 15.7. The van der Waals surface area contributed by atoms with Crippen LogP contribution in [-0.4, -0.2) is 43.5 Å². The van der Waals surface area contributed by atoms with Crippen molar-refractivity contribution in [3.8, 4) is 0 Å². The Kier molecular flexibility index (Phi) is 7.82. The molecule has 5 nitrogen and oxygen atoms in total. The van der Waals surface area contributed by atoms with Crippen LogP contribution in [0.2, 0.25) is 0 Å². The third-order valence-corrected chi connectivity index (χ3v) is 4.96. The van der Waals surface area contributed by atoms with Crippen molar-refractivity contribution in [1.29, 1.82) is 0 Å². The first-order chi connectivity index (χ1) is 11.4. The number of hydrogen-bond donors (Lipinski definition) is 2. The number of rotatable bonds is 6. The van der Waals surface area contributed by atoms with Crippen LogP contribution in [0.15, 0.2) is 0 Å². The lowest BCUT2D eigenvalue weighted by Gasteiger charge is -2.33. The molecule has 2 rings (SSSR count). The fourth-order valence-electron chi connectivity index (χ4n) is 3.71. The molecule has 1 amide bonds. The predicted molar refractivity (Wildman–Crippen MR) is 96.2 cm³/mol. The molecular weight excluding hydrogens is 304 g/mol. The fraction of sp³-hybridized carbons (Fsp3) is 0.947. The van der Waals surface area contributed by atoms with Crippen molar-refractivity contribution in [1.82, 2.24) is 10.6 Å². The molecule has 3 atom stereocenters. The fourth-order valence-corrected chi connectivity index (χ4v) is 3.71. The summed E-state index contributed by atoms with van der Waals surface area (Å²) in [6.07, 6.45) is 9.86. The molecule has 1 saturated heterocycles. The van der Waals surface area contributed by atoms with Gasteiger partial charge in [0, 0.05) is 19.2 Å². The van der Waals surface area contributed by atoms with E-state index in [0.717, 1.165) is 19.6 Å². The van der Waals surface area contributed by atoms with Crippen LogP contribution in [0.4, 0.5) is 4.79 Å². The molecule has 2 N–H and O–H groups in total. The summed E-state index contributed by atoms with van der Waals surface area (Å²) in [4.78, 5) is 11.9. The van der Waals surface area contributed by atoms with E-state index in [9.17, 15) is 4.79 Å². The predicted octanol–water partition coefficient (Wildman–Crippen LogP) is 3.62. The van der Waals surface area contributed by atoms with Crippen LogP contribution in [0, 0.1) is 5.92 Å². The standard InChI is InChI=1S/C19H36N2O3/c1-19(2,3)24-18(22)21-14-15-8-4-5-10-17(15)20-12-11-16-9-6-7-13-23-16/h15-17,20H,4-14H2,1-3H3,(H,21,22). The van der Waals surface area contributed by atoms with Crippen molar-refractivity contribution in [3.63, 3.8) is 0 Å². The zero-order valence-electron chi connectivity index (χ0n) is 15.7. The smallest absolute Gasteiger partial charge is 0.407 e. The van der Waals surface area contributed by atoms with Gasteiger partial charge in [-0.15, -0.1) is 0 Å². The maximum atomic E-state index is 11.9. The molecule has 1 saturated carbocycles. The number of alkyl carbamates (subject to hydrolysis) is 1. The molecular formula is C19H36N2O3. The van der Waals surface area contributed by atoms with Crippen LogP contribution >= 0.6 is 0 Å². The molecule has 140 valence electrons. The highest BCUT2D eigenvalue weighted by atomic mass is 16.6. The topological polar surface area (TPSA) is 59.6 Å². The van der Waals surface area contributed by atoms with Crippen molar-refractivity contribution < 1.29 is 14.3 Å². The highest BCUT2D eigenvalue weighted by molar-refractivity contribution is 5.67. The van der Waals surface area contributed by atoms with E-state index < -0.39 is 5.60 Å². The van der Waals surface area contributed by atoms with E-state index in [4.69, 9.17) is 9.47 Å². The minimum absolute atomic E-state index is 0.303. The Morgan fingerprint density at radius 2 is 1.88 bits per heavy atom. The molecule has 0 aromatic rings. The van der Waals surface area contributed by atoms with Crippen molar-refractivity contribution in [3.05, 3.63) is 0 Å². The summed E-state index contributed by atoms with van der Waals surface area (Å²) in [6.45, 7) is 8.32. The van der Waals surface area contributed by atoms with Crippen molar-refractivity contribution >= 4 is 6.09 Å². The summed E-state index contributed by atoms with van der Waals surface area (Å²) < 4.78 is 11.1. The minimum Gasteiger partial charge on any atom is -0.444 e. The van der Waals surface area contributed by atoms with E-state index in [1.165, 1.54) is 44.9 Å². The molecule has 3 unspecified atom stereocenters. The first-order valence-corrected chi connectivity index (χ1v) is 9.76. The summed E-state index contributed by atoms with van der Waals surface area (Å²) in [5, 5.41) is 6.67. The third kappa shape index (κ3) is 7.39. The zero-order chi connectivity index (χ0) is 17.4. The van der Waals surface area contributed by atoms with Gasteiger partial charge in [0.25, 0.3) is 0 Å². The van der Waals surface area contributed by atoms with Crippen LogP contribution in [0.3, 0.4) is 0 Å². The second-order valence-corrected chi connectivity index (χ2v) is 8.27. The molecule has 0 bridgehead atoms. The normalized spacial score (nSPS) is 28.4. The van der Waals surface area contributed by atoms with E-state index in [1.54, 1.807) is 0 Å². The van der Waals surface area contributed by atoms with Gasteiger partial charge >= 0.3 is 6.09 Å². The first-order valence-electron chi connectivity index (χ1n) is 9.76. The molecule has 2 aliphatic rings. The molecule has 1 heterocycles. The van der Waals surface area contributed by atoms with Crippen molar-refractivity contribution in [2.75, 3.05) is 19.7 Å². The average molecular weight is 341 g/mol. The molecule has 0 aromatic heterocycles. The Hall–Kier alpha value is -0.810. The van der Waals surface area contributed by atoms with E-state index in [2.05, 4.69) is 10.6 Å². The lowest BCUT2D eigenvalue weighted by molar-refractivity contribution is 0.0106. The van der Waals surface area contributed by atoms with Crippen molar-refractivity contribution in [2.24, 2.45) is 5.92 Å². The first kappa shape index (κ1) is 19.5. The molecule has 0 aromatic carbocycles. The number of ether oxygens (including phenoxy) is 2. The second kappa shape index (κ2) is 9.62. The van der Waals surface area contributed by atoms with Crippen LogP contribution < -0.4 is 10.6 Å². The average Bonchev–Trinajstić information content (AvgIpc) is 2.53. The Morgan fingerprint density at radius 1 is 1.12 bits per heavy atom. The lowest BCUT2D eigenvalue weighted by Crippen LogP contribution is -2.45. The summed E-state index contributed by atoms with van der Waals surface area (Å²) in [5.74, 6) is 0.499. The number of amides is 1. The quantitative estimate of drug-likeness (QED) is 0.775. The van der Waals surface area contributed by atoms with Crippen molar-refractivity contribution in [2.45, 2.75) is 89.9 Å². The molecule has 0 radical (unpaired) electrons. The number of nitrogens with one attached hydrogen (secondary N) is 2. The monoisotopic (exact) mass is 340 g/mol. The van der Waals surface area contributed by atoms with Crippen LogP contribution in [0.1, 0.15) is 72.1 Å². The SMILES string of the molecule is CC(C)(C)OC(=O)NCC1CCCCC1NCCC1CCCCO1. The van der Waals surface area contributed by atoms with Gasteiger partial charge in [0.2, 0.25) is 0 Å². The molecule has 5 heteroatoms. The Morgan fingerprint density at radius 3 is 2.58 bits per heavy atom. The Bertz CT molecular complexity index is 375. The van der Waals surface area contributed by atoms with Gasteiger partial charge in [0.15, 0.2) is 0 Å². The lowest BCUT2D eigenvalue weighted by atomic mass is 9.84. The van der Waals surface area contributed by atoms with Gasteiger partial charge in [-0.1, -0.05) is 12.8 Å². The van der Waals surface area contributed by atoms with Gasteiger partial charge in [-0.25, -0.2) is 4.79 Å². The molecule has 1 aliphatic heterocycles. The maximum Gasteiger partial charge on any atom is 0.407 e. The minimum atomic E-state index is -0.436. The summed E-state index contributed by atoms with van der Waals surface area (Å²) in [7, 11) is 0. The highest BCUT2D eigenvalue weighted by Crippen LogP contribution is 2.24. The van der Waals surface area contributed by atoms with E-state index in [-0.39, 0.29) is 6.09 Å². The van der Waals surface area contributed by atoms with Crippen LogP contribution in [-0.2, 0) is 9.47 Å². The maximum absolute atomic E-state index is 11.9. The largest absolute Gasteiger partial charge is 0.444 e. The number of carbonyl (C=O) groups is 1. The number of carbonyl (C=O) groups excluding carboxylic acids is 1. The molecule has 2 fully saturated rings. The van der Waals surface area contributed by atoms with Gasteiger partial charge in [0.05, 0.1) is 6.10 Å². The van der Waals surface area contributed by atoms with Gasteiger partial charge in [0.1, 0.15) is 5.60 Å². The highest BCUT2D eigenvalue weighted by Gasteiger charge is 2.26. The number of hydrogen-bond acceptors (Lipinski definition) is 4. The van der Waals surface area contributed by atoms with Gasteiger partial charge in [-0.2, -0.15) is 0 Å². The van der Waals surface area contributed by atoms with Gasteiger partial charge < -0.3 is 20.1 Å². The second-order valence-electron chi connectivity index (χ2n) is 8.27. The van der Waals surface area contributed by atoms with Gasteiger partial charge in [-0.05, 0) is 71.8 Å². The Balaban J connectivity index is 1.68.